The minimum absolute atomic E-state index is 0.308. The minimum atomic E-state index is -0.308. The van der Waals surface area contributed by atoms with Gasteiger partial charge in [0.25, 0.3) is 0 Å². The number of unbranched alkanes of at least 4 members (excludes halogenated alkanes) is 1. The average molecular weight is 268 g/mol. The van der Waals surface area contributed by atoms with Crippen molar-refractivity contribution < 1.29 is 9.53 Å². The van der Waals surface area contributed by atoms with E-state index >= 15 is 0 Å². The van der Waals surface area contributed by atoms with E-state index in [1.807, 2.05) is 49.4 Å². The number of ether oxygens (including phenoxy) is 1. The van der Waals surface area contributed by atoms with Crippen molar-refractivity contribution in [1.82, 2.24) is 0 Å². The van der Waals surface area contributed by atoms with Crippen LogP contribution in [-0.2, 0) is 6.42 Å². The van der Waals surface area contributed by atoms with Crippen molar-refractivity contribution in [2.75, 3.05) is 0 Å². The van der Waals surface area contributed by atoms with E-state index in [0.717, 1.165) is 12.0 Å². The zero-order chi connectivity index (χ0) is 14.4. The molecular formula is C18H20O2. The zero-order valence-corrected chi connectivity index (χ0v) is 12.1. The molecule has 0 heterocycles. The first-order valence-electron chi connectivity index (χ1n) is 7.07. The topological polar surface area (TPSA) is 26.3 Å². The maximum atomic E-state index is 12.0. The third-order valence-corrected chi connectivity index (χ3v) is 3.21. The first kappa shape index (κ1) is 14.3. The molecule has 2 nitrogen and oxygen atoms in total. The summed E-state index contributed by atoms with van der Waals surface area (Å²) in [6.07, 6.45) is 3.41. The first-order chi connectivity index (χ1) is 9.69. The van der Waals surface area contributed by atoms with Gasteiger partial charge in [0.1, 0.15) is 5.75 Å². The van der Waals surface area contributed by atoms with Crippen LogP contribution in [0.4, 0.5) is 0 Å². The molecule has 0 saturated heterocycles. The number of carbonyl (C=O) groups is 1. The third kappa shape index (κ3) is 3.95. The molecule has 0 unspecified atom stereocenters. The molecular weight excluding hydrogens is 248 g/mol. The molecule has 2 rings (SSSR count). The van der Waals surface area contributed by atoms with E-state index < -0.39 is 0 Å². The number of esters is 1. The van der Waals surface area contributed by atoms with Crippen LogP contribution in [-0.4, -0.2) is 5.97 Å². The molecule has 0 saturated carbocycles. The summed E-state index contributed by atoms with van der Waals surface area (Å²) in [5, 5.41) is 0. The van der Waals surface area contributed by atoms with E-state index in [4.69, 9.17) is 4.74 Å². The van der Waals surface area contributed by atoms with Gasteiger partial charge in [0.15, 0.2) is 0 Å². The first-order valence-corrected chi connectivity index (χ1v) is 7.07. The summed E-state index contributed by atoms with van der Waals surface area (Å²) in [6.45, 7) is 4.15. The lowest BCUT2D eigenvalue weighted by Crippen LogP contribution is -2.08. The lowest BCUT2D eigenvalue weighted by molar-refractivity contribution is 0.0734. The van der Waals surface area contributed by atoms with E-state index in [0.29, 0.717) is 11.3 Å². The molecule has 0 radical (unpaired) electrons. The van der Waals surface area contributed by atoms with Crippen LogP contribution in [0, 0.1) is 6.92 Å². The Balaban J connectivity index is 2.02. The van der Waals surface area contributed by atoms with E-state index in [1.54, 1.807) is 6.07 Å². The molecule has 2 aromatic rings. The van der Waals surface area contributed by atoms with Gasteiger partial charge in [0.05, 0.1) is 5.56 Å². The second-order valence-electron chi connectivity index (χ2n) is 5.01. The van der Waals surface area contributed by atoms with E-state index in [2.05, 4.69) is 6.92 Å². The maximum Gasteiger partial charge on any atom is 0.343 e. The molecule has 0 spiro atoms. The number of aryl methyl sites for hydroxylation is 2. The monoisotopic (exact) mass is 268 g/mol. The maximum absolute atomic E-state index is 12.0. The van der Waals surface area contributed by atoms with Crippen LogP contribution in [0.15, 0.2) is 48.5 Å². The molecule has 0 fully saturated rings. The van der Waals surface area contributed by atoms with Crippen LogP contribution in [0.3, 0.4) is 0 Å². The summed E-state index contributed by atoms with van der Waals surface area (Å²) in [4.78, 5) is 12.0. The van der Waals surface area contributed by atoms with E-state index in [-0.39, 0.29) is 5.97 Å². The summed E-state index contributed by atoms with van der Waals surface area (Å²) >= 11 is 0. The van der Waals surface area contributed by atoms with Gasteiger partial charge in [-0.25, -0.2) is 4.79 Å². The predicted octanol–water partition coefficient (Wildman–Crippen LogP) is 4.56. The highest BCUT2D eigenvalue weighted by atomic mass is 16.5. The fourth-order valence-corrected chi connectivity index (χ4v) is 2.03. The minimum Gasteiger partial charge on any atom is -0.423 e. The highest BCUT2D eigenvalue weighted by Crippen LogP contribution is 2.15. The van der Waals surface area contributed by atoms with Crippen LogP contribution < -0.4 is 4.74 Å². The van der Waals surface area contributed by atoms with Crippen LogP contribution in [0.1, 0.15) is 41.3 Å². The van der Waals surface area contributed by atoms with E-state index in [1.165, 1.54) is 18.4 Å². The van der Waals surface area contributed by atoms with Gasteiger partial charge in [-0.05, 0) is 55.2 Å². The Morgan fingerprint density at radius 3 is 2.50 bits per heavy atom. The van der Waals surface area contributed by atoms with Crippen LogP contribution >= 0.6 is 0 Å². The fraction of sp³-hybridized carbons (Fsp3) is 0.278. The molecule has 0 aliphatic rings. The number of hydrogen-bond donors (Lipinski definition) is 0. The average Bonchev–Trinajstić information content (AvgIpc) is 2.45. The third-order valence-electron chi connectivity index (χ3n) is 3.21. The highest BCUT2D eigenvalue weighted by molar-refractivity contribution is 5.91. The quantitative estimate of drug-likeness (QED) is 0.587. The van der Waals surface area contributed by atoms with Crippen molar-refractivity contribution in [2.45, 2.75) is 33.1 Å². The summed E-state index contributed by atoms with van der Waals surface area (Å²) in [5.41, 5.74) is 2.93. The largest absolute Gasteiger partial charge is 0.423 e. The number of rotatable bonds is 5. The van der Waals surface area contributed by atoms with Crippen molar-refractivity contribution in [2.24, 2.45) is 0 Å². The second kappa shape index (κ2) is 6.90. The lowest BCUT2D eigenvalue weighted by atomic mass is 10.1. The highest BCUT2D eigenvalue weighted by Gasteiger charge is 2.08. The predicted molar refractivity (Wildman–Crippen MR) is 81.2 cm³/mol. The molecule has 2 aromatic carbocycles. The Labute approximate surface area is 120 Å². The van der Waals surface area contributed by atoms with Gasteiger partial charge in [-0.3, -0.25) is 0 Å². The van der Waals surface area contributed by atoms with Crippen molar-refractivity contribution in [3.63, 3.8) is 0 Å². The SMILES string of the molecule is CCCCc1ccc(C(=O)Oc2cccc(C)c2)cc1. The molecule has 0 aliphatic carbocycles. The molecule has 0 bridgehead atoms. The Kier molecular flexibility index (Phi) is 4.94. The summed E-state index contributed by atoms with van der Waals surface area (Å²) < 4.78 is 5.36. The summed E-state index contributed by atoms with van der Waals surface area (Å²) in [5.74, 6) is 0.280. The van der Waals surface area contributed by atoms with Gasteiger partial charge in [0.2, 0.25) is 0 Å². The Bertz CT molecular complexity index is 570. The molecule has 0 amide bonds. The smallest absolute Gasteiger partial charge is 0.343 e. The van der Waals surface area contributed by atoms with Crippen molar-refractivity contribution >= 4 is 5.97 Å². The molecule has 2 heteroatoms. The van der Waals surface area contributed by atoms with Gasteiger partial charge in [-0.2, -0.15) is 0 Å². The molecule has 0 aromatic heterocycles. The molecule has 0 aliphatic heterocycles. The number of benzene rings is 2. The molecule has 0 N–H and O–H groups in total. The van der Waals surface area contributed by atoms with Crippen LogP contribution in [0.2, 0.25) is 0 Å². The standard InChI is InChI=1S/C18H20O2/c1-3-4-7-15-9-11-16(12-10-15)18(19)20-17-8-5-6-14(2)13-17/h5-6,8-13H,3-4,7H2,1-2H3. The Morgan fingerprint density at radius 2 is 1.85 bits per heavy atom. The van der Waals surface area contributed by atoms with Crippen LogP contribution in [0.25, 0.3) is 0 Å². The van der Waals surface area contributed by atoms with Crippen molar-refractivity contribution in [3.8, 4) is 5.75 Å². The summed E-state index contributed by atoms with van der Waals surface area (Å²) in [6, 6.07) is 15.2. The lowest BCUT2D eigenvalue weighted by Gasteiger charge is -2.06. The van der Waals surface area contributed by atoms with Gasteiger partial charge >= 0.3 is 5.97 Å². The van der Waals surface area contributed by atoms with Gasteiger partial charge in [0, 0.05) is 0 Å². The molecule has 104 valence electrons. The number of carbonyl (C=O) groups excluding carboxylic acids is 1. The zero-order valence-electron chi connectivity index (χ0n) is 12.1. The van der Waals surface area contributed by atoms with Crippen molar-refractivity contribution in [1.29, 1.82) is 0 Å². The van der Waals surface area contributed by atoms with Gasteiger partial charge < -0.3 is 4.74 Å². The van der Waals surface area contributed by atoms with Crippen LogP contribution in [0.5, 0.6) is 5.75 Å². The molecule has 0 atom stereocenters. The molecule has 20 heavy (non-hydrogen) atoms. The second-order valence-corrected chi connectivity index (χ2v) is 5.01. The Hall–Kier alpha value is -2.09. The van der Waals surface area contributed by atoms with Crippen molar-refractivity contribution in [3.05, 3.63) is 65.2 Å². The van der Waals surface area contributed by atoms with Gasteiger partial charge in [-0.1, -0.05) is 37.6 Å². The van der Waals surface area contributed by atoms with Gasteiger partial charge in [-0.15, -0.1) is 0 Å². The Morgan fingerprint density at radius 1 is 1.10 bits per heavy atom. The normalized spacial score (nSPS) is 10.3. The fourth-order valence-electron chi connectivity index (χ4n) is 2.03. The van der Waals surface area contributed by atoms with E-state index in [9.17, 15) is 4.79 Å². The summed E-state index contributed by atoms with van der Waals surface area (Å²) in [7, 11) is 0. The number of hydrogen-bond acceptors (Lipinski definition) is 2.